The van der Waals surface area contributed by atoms with E-state index in [1.807, 2.05) is 13.0 Å². The van der Waals surface area contributed by atoms with Crippen molar-refractivity contribution in [1.29, 1.82) is 0 Å². The van der Waals surface area contributed by atoms with Gasteiger partial charge in [-0.2, -0.15) is 0 Å². The van der Waals surface area contributed by atoms with Crippen LogP contribution >= 0.6 is 0 Å². The summed E-state index contributed by atoms with van der Waals surface area (Å²) in [4.78, 5) is 0. The maximum absolute atomic E-state index is 3.68. The predicted octanol–water partition coefficient (Wildman–Crippen LogP) is 2.92. The predicted molar refractivity (Wildman–Crippen MR) is 46.6 cm³/mol. The number of rotatable bonds is 3. The molecule has 0 unspecified atom stereocenters. The maximum Gasteiger partial charge on any atom is 0.00952 e. The number of hydrogen-bond acceptors (Lipinski definition) is 0. The molecule has 0 N–H and O–H groups in total. The normalized spacial score (nSPS) is 7.70. The minimum absolute atomic E-state index is 0.943. The van der Waals surface area contributed by atoms with Crippen LogP contribution in [0.4, 0.5) is 0 Å². The smallest absolute Gasteiger partial charge is 0.00952 e. The number of unbranched alkanes of at least 4 members (excludes halogenated alkanes) is 2. The second-order valence-corrected chi connectivity index (χ2v) is 2.26. The Labute approximate surface area is 63.6 Å². The molecule has 0 amide bonds. The van der Waals surface area contributed by atoms with Crippen LogP contribution in [0, 0.1) is 11.8 Å². The van der Waals surface area contributed by atoms with E-state index in [4.69, 9.17) is 0 Å². The van der Waals surface area contributed by atoms with Crippen LogP contribution in [0.15, 0.2) is 24.8 Å². The highest BCUT2D eigenvalue weighted by Gasteiger charge is 1.77. The van der Waals surface area contributed by atoms with E-state index in [1.165, 1.54) is 0 Å². The second kappa shape index (κ2) is 6.16. The highest BCUT2D eigenvalue weighted by Crippen LogP contribution is 1.93. The summed E-state index contributed by atoms with van der Waals surface area (Å²) in [6.45, 7) is 9.22. The van der Waals surface area contributed by atoms with Crippen molar-refractivity contribution in [2.75, 3.05) is 0 Å². The van der Waals surface area contributed by atoms with E-state index in [2.05, 4.69) is 25.0 Å². The fraction of sp³-hybridized carbons (Fsp3) is 0.400. The van der Waals surface area contributed by atoms with Crippen LogP contribution < -0.4 is 0 Å². The molecule has 0 atom stereocenters. The van der Waals surface area contributed by atoms with Crippen molar-refractivity contribution in [3.63, 3.8) is 0 Å². The van der Waals surface area contributed by atoms with E-state index in [0.29, 0.717) is 0 Å². The van der Waals surface area contributed by atoms with Crippen LogP contribution in [0.3, 0.4) is 0 Å². The molecule has 0 rings (SSSR count). The third-order valence-corrected chi connectivity index (χ3v) is 1.01. The standard InChI is InChI=1S/C10H14/c1-4-5-6-7-8-9-10(2)3/h4H,1-2,5-7H2,3H3. The SMILES string of the molecule is C=CCCCC#CC(=C)C. The minimum atomic E-state index is 0.943. The molecule has 54 valence electrons. The van der Waals surface area contributed by atoms with E-state index in [9.17, 15) is 0 Å². The van der Waals surface area contributed by atoms with Gasteiger partial charge in [0.25, 0.3) is 0 Å². The summed E-state index contributed by atoms with van der Waals surface area (Å²) in [6, 6.07) is 0. The van der Waals surface area contributed by atoms with E-state index < -0.39 is 0 Å². The van der Waals surface area contributed by atoms with Gasteiger partial charge in [0.1, 0.15) is 0 Å². The monoisotopic (exact) mass is 134 g/mol. The van der Waals surface area contributed by atoms with E-state index in [1.54, 1.807) is 0 Å². The Morgan fingerprint density at radius 1 is 1.60 bits per heavy atom. The van der Waals surface area contributed by atoms with Crippen molar-refractivity contribution in [2.45, 2.75) is 26.2 Å². The molecule has 0 aliphatic heterocycles. The lowest BCUT2D eigenvalue weighted by Gasteiger charge is -1.84. The zero-order chi connectivity index (χ0) is 7.82. The summed E-state index contributed by atoms with van der Waals surface area (Å²) in [6.07, 6.45) is 5.05. The molecule has 0 aromatic carbocycles. The maximum atomic E-state index is 3.68. The van der Waals surface area contributed by atoms with Gasteiger partial charge in [0, 0.05) is 6.42 Å². The highest BCUT2D eigenvalue weighted by atomic mass is 13.8. The van der Waals surface area contributed by atoms with Crippen molar-refractivity contribution in [2.24, 2.45) is 0 Å². The van der Waals surface area contributed by atoms with Gasteiger partial charge in [-0.15, -0.1) is 6.58 Å². The topological polar surface area (TPSA) is 0 Å². The first-order valence-electron chi connectivity index (χ1n) is 3.52. The lowest BCUT2D eigenvalue weighted by Crippen LogP contribution is -1.68. The molecule has 0 fully saturated rings. The van der Waals surface area contributed by atoms with Gasteiger partial charge < -0.3 is 0 Å². The Morgan fingerprint density at radius 3 is 2.80 bits per heavy atom. The van der Waals surface area contributed by atoms with Crippen molar-refractivity contribution in [3.05, 3.63) is 24.8 Å². The molecule has 10 heavy (non-hydrogen) atoms. The largest absolute Gasteiger partial charge is 0.103 e. The molecule has 0 saturated carbocycles. The molecule has 0 aliphatic carbocycles. The van der Waals surface area contributed by atoms with Crippen LogP contribution in [-0.2, 0) is 0 Å². The summed E-state index contributed by atoms with van der Waals surface area (Å²) in [7, 11) is 0. The summed E-state index contributed by atoms with van der Waals surface area (Å²) < 4.78 is 0. The van der Waals surface area contributed by atoms with Gasteiger partial charge in [0.15, 0.2) is 0 Å². The molecule has 0 spiro atoms. The van der Waals surface area contributed by atoms with Crippen molar-refractivity contribution in [3.8, 4) is 11.8 Å². The molecule has 0 saturated heterocycles. The average Bonchev–Trinajstić information content (AvgIpc) is 1.87. The first kappa shape index (κ1) is 9.04. The summed E-state index contributed by atoms with van der Waals surface area (Å²) in [5, 5.41) is 0. The van der Waals surface area contributed by atoms with Gasteiger partial charge >= 0.3 is 0 Å². The zero-order valence-corrected chi connectivity index (χ0v) is 6.61. The van der Waals surface area contributed by atoms with Gasteiger partial charge in [-0.25, -0.2) is 0 Å². The molecule has 0 radical (unpaired) electrons. The van der Waals surface area contributed by atoms with Crippen LogP contribution in [0.1, 0.15) is 26.2 Å². The molecular weight excluding hydrogens is 120 g/mol. The van der Waals surface area contributed by atoms with Crippen molar-refractivity contribution in [1.82, 2.24) is 0 Å². The summed E-state index contributed by atoms with van der Waals surface area (Å²) in [5.74, 6) is 5.95. The molecular formula is C10H14. The van der Waals surface area contributed by atoms with Crippen molar-refractivity contribution >= 4 is 0 Å². The van der Waals surface area contributed by atoms with Gasteiger partial charge in [-0.1, -0.05) is 24.5 Å². The fourth-order valence-electron chi connectivity index (χ4n) is 0.548. The van der Waals surface area contributed by atoms with E-state index in [0.717, 1.165) is 24.8 Å². The Kier molecular flexibility index (Phi) is 5.57. The Balaban J connectivity index is 3.28. The van der Waals surface area contributed by atoms with E-state index in [-0.39, 0.29) is 0 Å². The third kappa shape index (κ3) is 7.04. The van der Waals surface area contributed by atoms with Crippen LogP contribution in [0.2, 0.25) is 0 Å². The molecule has 0 heteroatoms. The molecule has 0 aliphatic rings. The Morgan fingerprint density at radius 2 is 2.30 bits per heavy atom. The summed E-state index contributed by atoms with van der Waals surface area (Å²) >= 11 is 0. The van der Waals surface area contributed by atoms with Gasteiger partial charge in [0.05, 0.1) is 0 Å². The lowest BCUT2D eigenvalue weighted by molar-refractivity contribution is 0.887. The first-order valence-corrected chi connectivity index (χ1v) is 3.52. The Bertz CT molecular complexity index is 164. The van der Waals surface area contributed by atoms with Crippen LogP contribution in [0.5, 0.6) is 0 Å². The lowest BCUT2D eigenvalue weighted by atomic mass is 10.2. The molecule has 0 aromatic heterocycles. The molecule has 0 heterocycles. The number of hydrogen-bond donors (Lipinski definition) is 0. The van der Waals surface area contributed by atoms with E-state index >= 15 is 0 Å². The minimum Gasteiger partial charge on any atom is -0.103 e. The molecule has 0 aromatic rings. The average molecular weight is 134 g/mol. The highest BCUT2D eigenvalue weighted by molar-refractivity contribution is 5.22. The molecule has 0 bridgehead atoms. The summed E-state index contributed by atoms with van der Waals surface area (Å²) in [5.41, 5.74) is 0.943. The fourth-order valence-corrected chi connectivity index (χ4v) is 0.548. The van der Waals surface area contributed by atoms with Gasteiger partial charge in [0.2, 0.25) is 0 Å². The Hall–Kier alpha value is -0.960. The first-order chi connectivity index (χ1) is 4.77. The quantitative estimate of drug-likeness (QED) is 0.316. The zero-order valence-electron chi connectivity index (χ0n) is 6.61. The van der Waals surface area contributed by atoms with Crippen LogP contribution in [-0.4, -0.2) is 0 Å². The van der Waals surface area contributed by atoms with Gasteiger partial charge in [-0.3, -0.25) is 0 Å². The third-order valence-electron chi connectivity index (χ3n) is 1.01. The number of allylic oxidation sites excluding steroid dienone is 2. The van der Waals surface area contributed by atoms with Crippen LogP contribution in [0.25, 0.3) is 0 Å². The second-order valence-electron chi connectivity index (χ2n) is 2.26. The van der Waals surface area contributed by atoms with Gasteiger partial charge in [-0.05, 0) is 25.3 Å². The van der Waals surface area contributed by atoms with Crippen molar-refractivity contribution < 1.29 is 0 Å². The molecule has 0 nitrogen and oxygen atoms in total.